The van der Waals surface area contributed by atoms with Gasteiger partial charge in [-0.15, -0.1) is 0 Å². The number of anilines is 2. The second-order valence-electron chi connectivity index (χ2n) is 32.7. The van der Waals surface area contributed by atoms with Crippen molar-refractivity contribution in [3.63, 3.8) is 0 Å². The molecule has 146 heavy (non-hydrogen) atoms. The minimum absolute atomic E-state index is 0.0130. The van der Waals surface area contributed by atoms with E-state index in [4.69, 9.17) is 109 Å². The van der Waals surface area contributed by atoms with Crippen molar-refractivity contribution in [2.75, 3.05) is 57.4 Å². The van der Waals surface area contributed by atoms with Gasteiger partial charge in [-0.2, -0.15) is 4.98 Å². The molecule has 0 aromatic carbocycles. The summed E-state index contributed by atoms with van der Waals surface area (Å²) in [5.74, 6) is 1.50. The van der Waals surface area contributed by atoms with E-state index in [1.807, 2.05) is 0 Å². The lowest BCUT2D eigenvalue weighted by Gasteiger charge is -2.26. The number of rotatable bonds is 25. The van der Waals surface area contributed by atoms with E-state index in [0.29, 0.717) is 62.3 Å². The number of fused-ring (bicyclic) bond motifs is 6. The second kappa shape index (κ2) is 45.1. The molecule has 0 bridgehead atoms. The highest BCUT2D eigenvalue weighted by atomic mass is 35.5. The number of nitrogens with two attached hydrogens (primary N) is 1. The Labute approximate surface area is 818 Å². The molecule has 11 aromatic rings. The molecular weight excluding hydrogens is 2120 g/mol. The molecule has 6 saturated heterocycles. The first-order valence-corrected chi connectivity index (χ1v) is 51.6. The van der Waals surface area contributed by atoms with Gasteiger partial charge in [0.05, 0.1) is 83.1 Å². The van der Waals surface area contributed by atoms with Crippen molar-refractivity contribution < 1.29 is 212 Å². The predicted octanol–water partition coefficient (Wildman–Crippen LogP) is -7.81. The topological polar surface area (TPSA) is 1010 Å². The lowest BCUT2D eigenvalue weighted by Crippen LogP contribution is -2.46. The Balaban J connectivity index is 0.000000147. The van der Waals surface area contributed by atoms with Gasteiger partial charge >= 0.3 is 46.9 Å². The summed E-state index contributed by atoms with van der Waals surface area (Å²) in [7, 11) is -25.5. The zero-order chi connectivity index (χ0) is 107. The van der Waals surface area contributed by atoms with E-state index >= 15 is 0 Å². The van der Waals surface area contributed by atoms with Crippen LogP contribution in [-0.2, 0) is 101 Å². The number of ether oxygens (including phenoxy) is 7. The summed E-state index contributed by atoms with van der Waals surface area (Å²) in [4.78, 5) is 204. The van der Waals surface area contributed by atoms with Crippen LogP contribution in [0.2, 0.25) is 5.15 Å². The minimum Gasteiger partial charge on any atom is -0.479 e. The van der Waals surface area contributed by atoms with E-state index in [-0.39, 0.29) is 68.0 Å². The number of hydrogen-bond donors (Lipinski definition) is 27. The molecule has 75 heteroatoms. The van der Waals surface area contributed by atoms with Crippen LogP contribution in [-0.4, -0.2) is 381 Å². The Morgan fingerprint density at radius 1 is 0.397 bits per heavy atom. The molecule has 18 heterocycles. The van der Waals surface area contributed by atoms with E-state index in [1.165, 1.54) is 78.9 Å². The van der Waals surface area contributed by atoms with E-state index in [9.17, 15) is 108 Å². The van der Waals surface area contributed by atoms with Crippen LogP contribution in [0.3, 0.4) is 0 Å². The molecule has 0 radical (unpaired) electrons. The fourth-order valence-corrected chi connectivity index (χ4v) is 17.9. The minimum atomic E-state index is -4.80. The van der Waals surface area contributed by atoms with Gasteiger partial charge in [-0.05, 0) is 52.8 Å². The number of amides is 1. The summed E-state index contributed by atoms with van der Waals surface area (Å²) in [5, 5.41) is 122. The van der Waals surface area contributed by atoms with Crippen LogP contribution in [0, 0.1) is 34.6 Å². The number of phosphoric acid groups is 6. The SMILES string of the molecule is COc1nc(C)nc2c1ncn2[C@@H]1O[C@H](COP(=O)(O)O)[C@@H](O)[C@H]1O.Cc1nc(Cl)c2ncn([C@@H]3O[C@H](COP(=O)(O)O)[C@@H](O)[C@H]3O)c2n1.Cc1nc2c(c(=O)[nH]1)CC(=O)N2[C@@H]1O[C@H](COP(=O)(O)O)[C@@H](O)[C@H]1O.Cc1nc2c(ccn2[C@@H]2O[C@H](COP(=O)(O)O)[C@@H](O)[C@H]2O)c(=O)[nH]1.Cc1nc2c(ncn2[C@@H]2O[C@H](COP(=O)(O)O)[C@@H](O)[C@H]2O)c(=O)n1C.Nc1ccnc2c1ccn2[C@@H]1O[C@H](COP(=O)(O)O)[C@@H](O)[C@H]1O. The molecule has 7 aliphatic heterocycles. The number of hydrogen-bond acceptors (Lipinski definition) is 47. The molecule has 7 aliphatic rings. The monoisotopic (exact) mass is 2220 g/mol. The quantitative estimate of drug-likeness (QED) is 0.0187. The van der Waals surface area contributed by atoms with Gasteiger partial charge in [0, 0.05) is 36.7 Å². The van der Waals surface area contributed by atoms with Gasteiger partial charge in [-0.1, -0.05) is 11.6 Å². The first-order chi connectivity index (χ1) is 68.0. The lowest BCUT2D eigenvalue weighted by molar-refractivity contribution is -0.121. The van der Waals surface area contributed by atoms with Crippen LogP contribution in [0.5, 0.6) is 5.88 Å². The molecular formula is C71H96ClN21O47P6. The molecule has 0 spiro atoms. The summed E-state index contributed by atoms with van der Waals surface area (Å²) in [6.45, 7) is 4.32. The number of halogens is 1. The van der Waals surface area contributed by atoms with Gasteiger partial charge < -0.3 is 178 Å². The molecule has 804 valence electrons. The molecule has 1 amide bonds. The number of pyridine rings is 1. The number of nitrogen functional groups attached to an aromatic ring is 1. The van der Waals surface area contributed by atoms with Crippen molar-refractivity contribution in [1.29, 1.82) is 0 Å². The van der Waals surface area contributed by atoms with Crippen molar-refractivity contribution >= 4 is 132 Å². The van der Waals surface area contributed by atoms with Gasteiger partial charge in [0.15, 0.2) is 70.5 Å². The Morgan fingerprint density at radius 2 is 0.733 bits per heavy atom. The van der Waals surface area contributed by atoms with Crippen molar-refractivity contribution in [2.24, 2.45) is 7.05 Å². The smallest absolute Gasteiger partial charge is 0.469 e. The first kappa shape index (κ1) is 114. The zero-order valence-electron chi connectivity index (χ0n) is 75.8. The molecule has 0 unspecified atom stereocenters. The number of H-pyrrole nitrogens is 2. The standard InChI is InChI=1S/2C12H17N4O8P.C12H16N3O9P.C12H16N3O8P.C12H16N3O7P.C11H14ClN4O7P/c1-5-14-10-7(11(15-5)22-2)13-4-16(10)12-9(18)8(17)6(24-12)3-23-25(19,20)21;1-5-14-10-7(11(19)15(5)2)13-4-16(10)12-9(18)8(17)6(24-12)3-23-25(20,21)22;1-4-13-10-5(11(19)14-4)2-7(16)15(10)12-9(18)8(17)6(24-12)3-23-25(20,21)22;1-5-13-10-6(11(18)14-5)2-3-15(10)12-9(17)8(16)7(23-12)4-22-24(19,20)21;13-7-1-3-14-11-6(7)2-4-15(11)12-10(17)9(16)8(22-12)5-21-23(18,19)20;1-4-14-9(12)6-10(15-4)16(3-13-6)11-8(18)7(17)5(23-11)2-22-24(19,20)21/h4,6,8-9,12,17-18H,3H2,1-2H3,(H2,19,20,21);4,6,8-9,12,17-18H,3H2,1-2H3,(H2,20,21,22);6,8-9,12,17-18H,2-3H2,1H3,(H,13,14,19)(H2,20,21,22);2-3,7-9,12,16-17H,4H2,1H3,(H,13,14,18)(H2,19,20,21);1-4,8-10,12,16-17H,5H2,(H2,13,14)(H2,18,19,20);3,5,7-8,11,17-18H,2H2,1H3,(H2,19,20,21)/t3*6-,8-,9-,12-;7-,8-,9-,12-;8-,9-,10-,12-;5-,7-,8-,11-/m111111/s1. The molecule has 28 N–H and O–H groups in total. The Kier molecular flexibility index (Phi) is 35.2. The average molecular weight is 2220 g/mol. The van der Waals surface area contributed by atoms with Crippen molar-refractivity contribution in [1.82, 2.24) is 92.2 Å². The van der Waals surface area contributed by atoms with Gasteiger partial charge in [-0.25, -0.2) is 77.2 Å². The fourth-order valence-electron chi connectivity index (χ4n) is 15.6. The number of aromatic nitrogens is 19. The van der Waals surface area contributed by atoms with E-state index < -0.39 is 245 Å². The van der Waals surface area contributed by atoms with Crippen LogP contribution >= 0.6 is 58.5 Å². The molecule has 68 nitrogen and oxygen atoms in total. The predicted molar refractivity (Wildman–Crippen MR) is 477 cm³/mol. The van der Waals surface area contributed by atoms with Crippen LogP contribution in [0.15, 0.2) is 70.2 Å². The number of aliphatic hydroxyl groups is 12. The number of carbonyl (C=O) groups is 1. The summed E-state index contributed by atoms with van der Waals surface area (Å²) in [6, 6.07) is 4.81. The number of phosphoric ester groups is 6. The van der Waals surface area contributed by atoms with Crippen molar-refractivity contribution in [2.45, 2.75) is 188 Å². The zero-order valence-corrected chi connectivity index (χ0v) is 81.9. The second-order valence-corrected chi connectivity index (χ2v) is 40.5. The Morgan fingerprint density at radius 3 is 1.14 bits per heavy atom. The third-order valence-electron chi connectivity index (χ3n) is 22.6. The third-order valence-corrected chi connectivity index (χ3v) is 25.8. The van der Waals surface area contributed by atoms with Crippen LogP contribution in [0.25, 0.3) is 55.6 Å². The number of carbonyl (C=O) groups excluding carboxylic acids is 1. The lowest BCUT2D eigenvalue weighted by atomic mass is 10.1. The largest absolute Gasteiger partial charge is 0.479 e. The normalized spacial score (nSPS) is 28.0. The van der Waals surface area contributed by atoms with Gasteiger partial charge in [0.2, 0.25) is 11.8 Å². The highest BCUT2D eigenvalue weighted by Gasteiger charge is 2.54. The summed E-state index contributed by atoms with van der Waals surface area (Å²) in [5.41, 5.74) is 7.40. The number of methoxy groups -OCH3 is 1. The van der Waals surface area contributed by atoms with Gasteiger partial charge in [0.1, 0.15) is 162 Å². The summed E-state index contributed by atoms with van der Waals surface area (Å²) in [6.07, 6.45) is -22.7. The Hall–Kier alpha value is -9.26. The highest BCUT2D eigenvalue weighted by molar-refractivity contribution is 7.47. The maximum absolute atomic E-state index is 12.3. The number of nitrogens with one attached hydrogen (secondary N) is 2. The summed E-state index contributed by atoms with van der Waals surface area (Å²) < 4.78 is 137. The maximum atomic E-state index is 12.3. The number of aryl methyl sites for hydroxylation is 5. The first-order valence-electron chi connectivity index (χ1n) is 42.0. The van der Waals surface area contributed by atoms with Crippen LogP contribution in [0.4, 0.5) is 11.5 Å². The van der Waals surface area contributed by atoms with Crippen molar-refractivity contribution in [3.05, 3.63) is 127 Å². The maximum Gasteiger partial charge on any atom is 0.469 e. The molecule has 11 aromatic heterocycles. The number of imidazole rings is 3. The average Bonchev–Trinajstić information content (AvgIpc) is 1.60. The van der Waals surface area contributed by atoms with Crippen molar-refractivity contribution in [3.8, 4) is 5.88 Å². The molecule has 24 atom stereocenters. The molecule has 0 aliphatic carbocycles. The van der Waals surface area contributed by atoms with Crippen LogP contribution in [0.1, 0.15) is 65.8 Å². The fraction of sp³-hybridized carbons (Fsp3) is 0.535. The molecule has 0 saturated carbocycles. The van der Waals surface area contributed by atoms with Gasteiger partial charge in [0.25, 0.3) is 16.7 Å². The van der Waals surface area contributed by atoms with Crippen LogP contribution < -0.4 is 32.0 Å². The third kappa shape index (κ3) is 26.1. The number of aliphatic hydroxyl groups excluding tert-OH is 12. The molecule has 18 rings (SSSR count). The van der Waals surface area contributed by atoms with E-state index in [0.717, 1.165) is 4.90 Å². The van der Waals surface area contributed by atoms with Gasteiger partial charge in [-0.3, -0.25) is 69.5 Å². The van der Waals surface area contributed by atoms with E-state index in [1.54, 1.807) is 53.1 Å². The summed E-state index contributed by atoms with van der Waals surface area (Å²) >= 11 is 5.99. The highest BCUT2D eigenvalue weighted by Crippen LogP contribution is 2.47. The van der Waals surface area contributed by atoms with E-state index in [2.05, 4.69) is 91.9 Å². The number of aromatic amines is 2. The number of nitrogens with zero attached hydrogens (tertiary/aromatic N) is 18. The molecule has 6 fully saturated rings. The Bertz CT molecular complexity index is 7090.